The molecule has 1 aliphatic heterocycles. The van der Waals surface area contributed by atoms with Crippen molar-refractivity contribution in [2.45, 2.75) is 39.0 Å². The lowest BCUT2D eigenvalue weighted by molar-refractivity contribution is -0.147. The summed E-state index contributed by atoms with van der Waals surface area (Å²) in [6.07, 6.45) is 1.22. The summed E-state index contributed by atoms with van der Waals surface area (Å²) in [4.78, 5) is 24.2. The molecule has 5 nitrogen and oxygen atoms in total. The molecule has 126 valence electrons. The first-order chi connectivity index (χ1) is 10.8. The van der Waals surface area contributed by atoms with Gasteiger partial charge < -0.3 is 15.2 Å². The molecule has 0 bridgehead atoms. The number of ether oxygens (including phenoxy) is 1. The highest BCUT2D eigenvalue weighted by molar-refractivity contribution is 5.89. The van der Waals surface area contributed by atoms with Crippen LogP contribution in [0.25, 0.3) is 0 Å². The Hall–Kier alpha value is -1.88. The van der Waals surface area contributed by atoms with Gasteiger partial charge in [0.2, 0.25) is 5.91 Å². The highest BCUT2D eigenvalue weighted by Crippen LogP contribution is 2.37. The van der Waals surface area contributed by atoms with E-state index in [2.05, 4.69) is 5.32 Å². The van der Waals surface area contributed by atoms with E-state index in [-0.39, 0.29) is 12.5 Å². The number of rotatable bonds is 5. The predicted octanol–water partition coefficient (Wildman–Crippen LogP) is 2.27. The second-order valence-electron chi connectivity index (χ2n) is 6.88. The molecule has 0 spiro atoms. The predicted molar refractivity (Wildman–Crippen MR) is 87.3 cm³/mol. The summed E-state index contributed by atoms with van der Waals surface area (Å²) >= 11 is 0. The van der Waals surface area contributed by atoms with Gasteiger partial charge in [-0.2, -0.15) is 0 Å². The topological polar surface area (TPSA) is 75.6 Å². The zero-order valence-corrected chi connectivity index (χ0v) is 14.0. The average molecular weight is 319 g/mol. The molecular formula is C18H25NO4. The second-order valence-corrected chi connectivity index (χ2v) is 6.88. The number of hydrogen-bond acceptors (Lipinski definition) is 3. The molecule has 23 heavy (non-hydrogen) atoms. The molecule has 1 aromatic rings. The van der Waals surface area contributed by atoms with Crippen LogP contribution >= 0.6 is 0 Å². The Morgan fingerprint density at radius 1 is 1.26 bits per heavy atom. The van der Waals surface area contributed by atoms with Crippen molar-refractivity contribution in [3.05, 3.63) is 35.4 Å². The van der Waals surface area contributed by atoms with Gasteiger partial charge in [0.25, 0.3) is 0 Å². The lowest BCUT2D eigenvalue weighted by atomic mass is 9.71. The molecule has 1 amide bonds. The standard InChI is InChI=1S/C18H25NO4/c1-13-6-4-5-7-14(13)18(8-10-23-11-9-18)15(20)19-12-17(2,3)16(21)22/h4-7H,8-12H2,1-3H3,(H,19,20)(H,21,22). The van der Waals surface area contributed by atoms with Crippen LogP contribution in [0.5, 0.6) is 0 Å². The van der Waals surface area contributed by atoms with E-state index in [1.807, 2.05) is 31.2 Å². The van der Waals surface area contributed by atoms with Crippen LogP contribution in [-0.2, 0) is 19.7 Å². The van der Waals surface area contributed by atoms with E-state index in [0.29, 0.717) is 26.1 Å². The maximum absolute atomic E-state index is 13.0. The van der Waals surface area contributed by atoms with Gasteiger partial charge in [-0.3, -0.25) is 9.59 Å². The molecule has 1 saturated heterocycles. The van der Waals surface area contributed by atoms with E-state index in [4.69, 9.17) is 4.74 Å². The lowest BCUT2D eigenvalue weighted by Gasteiger charge is -2.38. The van der Waals surface area contributed by atoms with E-state index < -0.39 is 16.8 Å². The minimum Gasteiger partial charge on any atom is -0.481 e. The Morgan fingerprint density at radius 3 is 2.43 bits per heavy atom. The fourth-order valence-electron chi connectivity index (χ4n) is 2.99. The first-order valence-corrected chi connectivity index (χ1v) is 7.95. The van der Waals surface area contributed by atoms with Crippen LogP contribution in [0.15, 0.2) is 24.3 Å². The monoisotopic (exact) mass is 319 g/mol. The van der Waals surface area contributed by atoms with Crippen molar-refractivity contribution >= 4 is 11.9 Å². The molecule has 0 aliphatic carbocycles. The number of carbonyl (C=O) groups excluding carboxylic acids is 1. The Bertz CT molecular complexity index is 588. The number of aliphatic carboxylic acids is 1. The van der Waals surface area contributed by atoms with Crippen LogP contribution in [-0.4, -0.2) is 36.7 Å². The van der Waals surface area contributed by atoms with Gasteiger partial charge in [-0.15, -0.1) is 0 Å². The third kappa shape index (κ3) is 3.55. The zero-order valence-electron chi connectivity index (χ0n) is 14.0. The first-order valence-electron chi connectivity index (χ1n) is 7.95. The van der Waals surface area contributed by atoms with Crippen molar-refractivity contribution in [2.24, 2.45) is 5.41 Å². The quantitative estimate of drug-likeness (QED) is 0.873. The van der Waals surface area contributed by atoms with Crippen LogP contribution < -0.4 is 5.32 Å². The van der Waals surface area contributed by atoms with Crippen LogP contribution in [0.1, 0.15) is 37.8 Å². The highest BCUT2D eigenvalue weighted by Gasteiger charge is 2.43. The van der Waals surface area contributed by atoms with Crippen LogP contribution in [0.4, 0.5) is 0 Å². The molecule has 0 radical (unpaired) electrons. The van der Waals surface area contributed by atoms with E-state index in [1.165, 1.54) is 0 Å². The van der Waals surface area contributed by atoms with E-state index in [1.54, 1.807) is 13.8 Å². The fraction of sp³-hybridized carbons (Fsp3) is 0.556. The lowest BCUT2D eigenvalue weighted by Crippen LogP contribution is -2.51. The SMILES string of the molecule is Cc1ccccc1C1(C(=O)NCC(C)(C)C(=O)O)CCOCC1. The molecule has 0 atom stereocenters. The molecule has 1 aromatic carbocycles. The van der Waals surface area contributed by atoms with Gasteiger partial charge in [-0.1, -0.05) is 24.3 Å². The minimum atomic E-state index is -0.992. The Labute approximate surface area is 137 Å². The maximum Gasteiger partial charge on any atom is 0.310 e. The Balaban J connectivity index is 2.27. The normalized spacial score (nSPS) is 17.5. The van der Waals surface area contributed by atoms with Gasteiger partial charge in [0.05, 0.1) is 10.8 Å². The summed E-state index contributed by atoms with van der Waals surface area (Å²) in [6, 6.07) is 7.88. The summed E-state index contributed by atoms with van der Waals surface area (Å²) in [5.74, 6) is -1.03. The van der Waals surface area contributed by atoms with Crippen LogP contribution in [0, 0.1) is 12.3 Å². The summed E-state index contributed by atoms with van der Waals surface area (Å²) in [7, 11) is 0. The third-order valence-corrected chi connectivity index (χ3v) is 4.71. The molecule has 5 heteroatoms. The molecule has 1 fully saturated rings. The molecule has 2 rings (SSSR count). The smallest absolute Gasteiger partial charge is 0.310 e. The molecular weight excluding hydrogens is 294 g/mol. The average Bonchev–Trinajstić information content (AvgIpc) is 2.53. The number of carbonyl (C=O) groups is 2. The summed E-state index contributed by atoms with van der Waals surface area (Å²) in [5, 5.41) is 12.1. The number of hydrogen-bond donors (Lipinski definition) is 2. The van der Waals surface area contributed by atoms with Crippen molar-refractivity contribution in [2.75, 3.05) is 19.8 Å². The van der Waals surface area contributed by atoms with Crippen molar-refractivity contribution in [1.29, 1.82) is 0 Å². The van der Waals surface area contributed by atoms with Crippen molar-refractivity contribution in [1.82, 2.24) is 5.32 Å². The van der Waals surface area contributed by atoms with Gasteiger partial charge >= 0.3 is 5.97 Å². The van der Waals surface area contributed by atoms with Crippen LogP contribution in [0.3, 0.4) is 0 Å². The van der Waals surface area contributed by atoms with Crippen LogP contribution in [0.2, 0.25) is 0 Å². The van der Waals surface area contributed by atoms with Crippen molar-refractivity contribution in [3.63, 3.8) is 0 Å². The van der Waals surface area contributed by atoms with E-state index in [0.717, 1.165) is 11.1 Å². The second kappa shape index (κ2) is 6.71. The molecule has 0 unspecified atom stereocenters. The first kappa shape index (κ1) is 17.5. The number of carboxylic acid groups (broad SMARTS) is 1. The van der Waals surface area contributed by atoms with Crippen molar-refractivity contribution in [3.8, 4) is 0 Å². The maximum atomic E-state index is 13.0. The van der Waals surface area contributed by atoms with E-state index in [9.17, 15) is 14.7 Å². The van der Waals surface area contributed by atoms with Gasteiger partial charge in [0.1, 0.15) is 0 Å². The number of benzene rings is 1. The zero-order chi connectivity index (χ0) is 17.1. The molecule has 2 N–H and O–H groups in total. The molecule has 1 heterocycles. The molecule has 0 saturated carbocycles. The Kier molecular flexibility index (Phi) is 5.09. The summed E-state index contributed by atoms with van der Waals surface area (Å²) in [6.45, 7) is 6.39. The highest BCUT2D eigenvalue weighted by atomic mass is 16.5. The largest absolute Gasteiger partial charge is 0.481 e. The number of aryl methyl sites for hydroxylation is 1. The van der Waals surface area contributed by atoms with Gasteiger partial charge in [0.15, 0.2) is 0 Å². The van der Waals surface area contributed by atoms with E-state index >= 15 is 0 Å². The molecule has 0 aromatic heterocycles. The summed E-state index contributed by atoms with van der Waals surface area (Å²) < 4.78 is 5.45. The summed E-state index contributed by atoms with van der Waals surface area (Å²) in [5.41, 5.74) is 0.447. The number of nitrogens with one attached hydrogen (secondary N) is 1. The number of amides is 1. The third-order valence-electron chi connectivity index (χ3n) is 4.71. The van der Waals surface area contributed by atoms with Crippen molar-refractivity contribution < 1.29 is 19.4 Å². The fourth-order valence-corrected chi connectivity index (χ4v) is 2.99. The van der Waals surface area contributed by atoms with Gasteiger partial charge in [-0.25, -0.2) is 0 Å². The molecule has 1 aliphatic rings. The number of carboxylic acids is 1. The van der Waals surface area contributed by atoms with Gasteiger partial charge in [-0.05, 0) is 44.7 Å². The van der Waals surface area contributed by atoms with Gasteiger partial charge in [0, 0.05) is 19.8 Å². The minimum absolute atomic E-state index is 0.107. The Morgan fingerprint density at radius 2 is 1.87 bits per heavy atom.